The second-order valence-corrected chi connectivity index (χ2v) is 6.55. The minimum atomic E-state index is -4.42. The van der Waals surface area contributed by atoms with Crippen LogP contribution in [0, 0.1) is 11.3 Å². The van der Waals surface area contributed by atoms with Gasteiger partial charge in [0.05, 0.1) is 23.4 Å². The Morgan fingerprint density at radius 1 is 1.29 bits per heavy atom. The van der Waals surface area contributed by atoms with Crippen molar-refractivity contribution in [3.63, 3.8) is 0 Å². The van der Waals surface area contributed by atoms with E-state index in [1.165, 1.54) is 10.9 Å². The van der Waals surface area contributed by atoms with Gasteiger partial charge in [-0.05, 0) is 53.0 Å². The van der Waals surface area contributed by atoms with Crippen molar-refractivity contribution in [2.24, 2.45) is 0 Å². The van der Waals surface area contributed by atoms with Crippen LogP contribution in [-0.4, -0.2) is 22.9 Å². The summed E-state index contributed by atoms with van der Waals surface area (Å²) in [5.74, 6) is 0. The first kappa shape index (κ1) is 16.8. The van der Waals surface area contributed by atoms with Crippen LogP contribution in [0.15, 0.2) is 34.9 Å². The van der Waals surface area contributed by atoms with Gasteiger partial charge in [-0.15, -0.1) is 0 Å². The van der Waals surface area contributed by atoms with Crippen molar-refractivity contribution in [2.75, 3.05) is 18.0 Å². The molecule has 2 aromatic rings. The third-order valence-electron chi connectivity index (χ3n) is 4.09. The molecule has 0 spiro atoms. The number of nitrogens with zero attached hydrogens (tertiary/aromatic N) is 4. The number of anilines is 1. The lowest BCUT2D eigenvalue weighted by atomic mass is 10.0. The van der Waals surface area contributed by atoms with Crippen LogP contribution in [0.5, 0.6) is 0 Å². The molecule has 2 heterocycles. The summed E-state index contributed by atoms with van der Waals surface area (Å²) in [4.78, 5) is 2.11. The lowest BCUT2D eigenvalue weighted by Crippen LogP contribution is -2.37. The highest BCUT2D eigenvalue weighted by molar-refractivity contribution is 9.10. The van der Waals surface area contributed by atoms with E-state index in [-0.39, 0.29) is 6.04 Å². The maximum absolute atomic E-state index is 12.7. The predicted octanol–water partition coefficient (Wildman–Crippen LogP) is 4.38. The molecule has 4 nitrogen and oxygen atoms in total. The largest absolute Gasteiger partial charge is 0.435 e. The van der Waals surface area contributed by atoms with Gasteiger partial charge in [0.1, 0.15) is 0 Å². The van der Waals surface area contributed by atoms with Crippen molar-refractivity contribution in [1.82, 2.24) is 9.78 Å². The Bertz CT molecular complexity index is 778. The molecule has 1 aliphatic heterocycles. The van der Waals surface area contributed by atoms with E-state index in [2.05, 4.69) is 32.0 Å². The molecular formula is C16H14BrF3N4. The van der Waals surface area contributed by atoms with Gasteiger partial charge in [-0.1, -0.05) is 0 Å². The number of rotatable bonds is 2. The standard InChI is InChI=1S/C16H14BrF3N4/c17-13-8-11(9-21)3-4-14(13)23-6-1-2-12(10-23)24-7-5-15(22-24)16(18,19)20/h3-5,7-8,12H,1-2,6,10H2. The van der Waals surface area contributed by atoms with E-state index in [1.54, 1.807) is 12.1 Å². The number of alkyl halides is 3. The van der Waals surface area contributed by atoms with Gasteiger partial charge >= 0.3 is 6.18 Å². The van der Waals surface area contributed by atoms with Crippen LogP contribution in [0.2, 0.25) is 0 Å². The molecule has 24 heavy (non-hydrogen) atoms. The summed E-state index contributed by atoms with van der Waals surface area (Å²) in [6.45, 7) is 1.39. The summed E-state index contributed by atoms with van der Waals surface area (Å²) >= 11 is 3.47. The van der Waals surface area contributed by atoms with Crippen LogP contribution in [0.25, 0.3) is 0 Å². The first-order chi connectivity index (χ1) is 11.4. The van der Waals surface area contributed by atoms with Crippen LogP contribution in [0.1, 0.15) is 30.1 Å². The molecule has 126 valence electrons. The lowest BCUT2D eigenvalue weighted by Gasteiger charge is -2.35. The Morgan fingerprint density at radius 3 is 2.71 bits per heavy atom. The Morgan fingerprint density at radius 2 is 2.08 bits per heavy atom. The van der Waals surface area contributed by atoms with E-state index < -0.39 is 11.9 Å². The normalized spacial score (nSPS) is 18.5. The molecule has 1 atom stereocenters. The highest BCUT2D eigenvalue weighted by atomic mass is 79.9. The molecule has 0 bridgehead atoms. The number of aromatic nitrogens is 2. The maximum Gasteiger partial charge on any atom is 0.435 e. The van der Waals surface area contributed by atoms with E-state index in [1.807, 2.05) is 6.07 Å². The van der Waals surface area contributed by atoms with Crippen molar-refractivity contribution in [2.45, 2.75) is 25.1 Å². The molecule has 1 unspecified atom stereocenters. The van der Waals surface area contributed by atoms with Crippen molar-refractivity contribution in [3.05, 3.63) is 46.2 Å². The Kier molecular flexibility index (Phi) is 4.54. The zero-order valence-corrected chi connectivity index (χ0v) is 14.2. The molecular weight excluding hydrogens is 385 g/mol. The first-order valence-electron chi connectivity index (χ1n) is 7.45. The van der Waals surface area contributed by atoms with Gasteiger partial charge in [0, 0.05) is 23.8 Å². The summed E-state index contributed by atoms with van der Waals surface area (Å²) in [7, 11) is 0. The number of nitriles is 1. The quantitative estimate of drug-likeness (QED) is 0.753. The molecule has 1 aromatic carbocycles. The van der Waals surface area contributed by atoms with Crippen LogP contribution >= 0.6 is 15.9 Å². The molecule has 1 aliphatic rings. The molecule has 8 heteroatoms. The second kappa shape index (κ2) is 6.48. The fraction of sp³-hybridized carbons (Fsp3) is 0.375. The van der Waals surface area contributed by atoms with Crippen molar-refractivity contribution >= 4 is 21.6 Å². The fourth-order valence-electron chi connectivity index (χ4n) is 2.91. The Labute approximate surface area is 145 Å². The minimum Gasteiger partial charge on any atom is -0.368 e. The summed E-state index contributed by atoms with van der Waals surface area (Å²) in [6.07, 6.45) is -1.39. The average molecular weight is 399 g/mol. The average Bonchev–Trinajstić information content (AvgIpc) is 3.05. The summed E-state index contributed by atoms with van der Waals surface area (Å²) in [5, 5.41) is 12.6. The topological polar surface area (TPSA) is 44.9 Å². The Hall–Kier alpha value is -2.01. The third kappa shape index (κ3) is 3.41. The predicted molar refractivity (Wildman–Crippen MR) is 86.6 cm³/mol. The van der Waals surface area contributed by atoms with Gasteiger partial charge in [0.15, 0.2) is 5.69 Å². The SMILES string of the molecule is N#Cc1ccc(N2CCCC(n3ccc(C(F)(F)F)n3)C2)c(Br)c1. The second-order valence-electron chi connectivity index (χ2n) is 5.70. The van der Waals surface area contributed by atoms with Crippen molar-refractivity contribution in [1.29, 1.82) is 5.26 Å². The van der Waals surface area contributed by atoms with Crippen LogP contribution in [-0.2, 0) is 6.18 Å². The molecule has 0 radical (unpaired) electrons. The molecule has 1 aromatic heterocycles. The van der Waals surface area contributed by atoms with E-state index in [0.29, 0.717) is 12.1 Å². The number of benzene rings is 1. The highest BCUT2D eigenvalue weighted by Gasteiger charge is 2.34. The number of halogens is 4. The third-order valence-corrected chi connectivity index (χ3v) is 4.72. The zero-order chi connectivity index (χ0) is 17.3. The minimum absolute atomic E-state index is 0.114. The molecule has 0 saturated carbocycles. The molecule has 1 saturated heterocycles. The van der Waals surface area contributed by atoms with E-state index in [4.69, 9.17) is 5.26 Å². The Balaban J connectivity index is 1.80. The van der Waals surface area contributed by atoms with Gasteiger partial charge in [0.25, 0.3) is 0 Å². The zero-order valence-electron chi connectivity index (χ0n) is 12.6. The highest BCUT2D eigenvalue weighted by Crippen LogP contribution is 2.33. The van der Waals surface area contributed by atoms with E-state index in [9.17, 15) is 13.2 Å². The van der Waals surface area contributed by atoms with Gasteiger partial charge in [-0.2, -0.15) is 23.5 Å². The number of hydrogen-bond donors (Lipinski definition) is 0. The smallest absolute Gasteiger partial charge is 0.368 e. The first-order valence-corrected chi connectivity index (χ1v) is 8.25. The van der Waals surface area contributed by atoms with Crippen LogP contribution in [0.4, 0.5) is 18.9 Å². The molecule has 0 N–H and O–H groups in total. The summed E-state index contributed by atoms with van der Waals surface area (Å²) in [5.41, 5.74) is 0.627. The van der Waals surface area contributed by atoms with Gasteiger partial charge in [-0.3, -0.25) is 4.68 Å². The lowest BCUT2D eigenvalue weighted by molar-refractivity contribution is -0.141. The molecule has 0 amide bonds. The fourth-order valence-corrected chi connectivity index (χ4v) is 3.54. The van der Waals surface area contributed by atoms with Crippen molar-refractivity contribution < 1.29 is 13.2 Å². The summed E-state index contributed by atoms with van der Waals surface area (Å²) < 4.78 is 40.4. The van der Waals surface area contributed by atoms with E-state index in [0.717, 1.165) is 35.6 Å². The number of piperidine rings is 1. The molecule has 1 fully saturated rings. The monoisotopic (exact) mass is 398 g/mol. The number of hydrogen-bond acceptors (Lipinski definition) is 3. The van der Waals surface area contributed by atoms with Gasteiger partial charge in [-0.25, -0.2) is 0 Å². The maximum atomic E-state index is 12.7. The summed E-state index contributed by atoms with van der Waals surface area (Å²) in [6, 6.07) is 8.31. The van der Waals surface area contributed by atoms with Crippen LogP contribution < -0.4 is 4.90 Å². The van der Waals surface area contributed by atoms with Gasteiger partial charge in [0.2, 0.25) is 0 Å². The molecule has 0 aliphatic carbocycles. The van der Waals surface area contributed by atoms with E-state index >= 15 is 0 Å². The molecule has 3 rings (SSSR count). The van der Waals surface area contributed by atoms with Crippen LogP contribution in [0.3, 0.4) is 0 Å². The van der Waals surface area contributed by atoms with Crippen molar-refractivity contribution in [3.8, 4) is 6.07 Å². The van der Waals surface area contributed by atoms with Gasteiger partial charge < -0.3 is 4.90 Å².